The van der Waals surface area contributed by atoms with E-state index < -0.39 is 10.0 Å². The maximum atomic E-state index is 11.0. The van der Waals surface area contributed by atoms with Gasteiger partial charge in [-0.2, -0.15) is 0 Å². The van der Waals surface area contributed by atoms with Gasteiger partial charge in [0.2, 0.25) is 0 Å². The second kappa shape index (κ2) is 2.84. The summed E-state index contributed by atoms with van der Waals surface area (Å²) in [6, 6.07) is 0. The highest BCUT2D eigenvalue weighted by Gasteiger charge is 2.66. The molecule has 0 bridgehead atoms. The van der Waals surface area contributed by atoms with Crippen LogP contribution in [0.4, 0.5) is 0 Å². The van der Waals surface area contributed by atoms with Gasteiger partial charge in [0.05, 0.1) is 0 Å². The quantitative estimate of drug-likeness (QED) is 0.795. The molecule has 6 nitrogen and oxygen atoms in total. The summed E-state index contributed by atoms with van der Waals surface area (Å²) in [6.07, 6.45) is 0. The van der Waals surface area contributed by atoms with E-state index in [1.165, 1.54) is 0 Å². The van der Waals surface area contributed by atoms with Crippen LogP contribution in [-0.4, -0.2) is 23.6 Å². The Morgan fingerprint density at radius 2 is 1.75 bits per heavy atom. The Bertz CT molecular complexity index is 515. The Balaban J connectivity index is 2.37. The third kappa shape index (κ3) is 1.38. The molecule has 0 unspecified atom stereocenters. The van der Waals surface area contributed by atoms with Gasteiger partial charge in [-0.1, -0.05) is 27.7 Å². The lowest BCUT2D eigenvalue weighted by atomic mass is 10.0. The van der Waals surface area contributed by atoms with Gasteiger partial charge in [-0.3, -0.25) is 5.10 Å². The third-order valence-corrected chi connectivity index (χ3v) is 4.72. The lowest BCUT2D eigenvalue weighted by molar-refractivity contribution is 0.457. The average Bonchev–Trinajstić information content (AvgIpc) is 2.51. The van der Waals surface area contributed by atoms with Gasteiger partial charge in [0, 0.05) is 5.92 Å². The van der Waals surface area contributed by atoms with Gasteiger partial charge >= 0.3 is 0 Å². The van der Waals surface area contributed by atoms with Gasteiger partial charge < -0.3 is 0 Å². The van der Waals surface area contributed by atoms with Crippen molar-refractivity contribution in [1.82, 2.24) is 15.2 Å². The molecule has 0 aromatic carbocycles. The predicted molar refractivity (Wildman–Crippen MR) is 58.1 cm³/mol. The van der Waals surface area contributed by atoms with Crippen LogP contribution in [0.3, 0.4) is 0 Å². The highest BCUT2D eigenvalue weighted by atomic mass is 32.2. The maximum absolute atomic E-state index is 11.0. The standard InChI is InChI=1S/C9H16N4O2S/c1-8(2)5(9(8,3)4)6-11-7(13-12-6)16(10,14)15/h5H,1-4H3,(H2,10,14,15)(H,11,12,13). The van der Waals surface area contributed by atoms with Crippen molar-refractivity contribution in [2.45, 2.75) is 38.8 Å². The van der Waals surface area contributed by atoms with E-state index in [0.29, 0.717) is 5.82 Å². The smallest absolute Gasteiger partial charge is 0.262 e. The molecule has 1 aliphatic rings. The van der Waals surface area contributed by atoms with E-state index in [1.807, 2.05) is 0 Å². The molecule has 16 heavy (non-hydrogen) atoms. The normalized spacial score (nSPS) is 23.3. The molecule has 1 aromatic rings. The number of nitrogens with two attached hydrogens (primary N) is 1. The van der Waals surface area contributed by atoms with Gasteiger partial charge in [0.25, 0.3) is 15.2 Å². The summed E-state index contributed by atoms with van der Waals surface area (Å²) in [5.41, 5.74) is 0.171. The van der Waals surface area contributed by atoms with Crippen LogP contribution in [-0.2, 0) is 10.0 Å². The van der Waals surface area contributed by atoms with Gasteiger partial charge in [-0.25, -0.2) is 18.5 Å². The molecule has 1 aliphatic carbocycles. The Morgan fingerprint density at radius 1 is 1.25 bits per heavy atom. The number of aromatic amines is 1. The second-order valence-electron chi connectivity index (χ2n) is 5.42. The van der Waals surface area contributed by atoms with Crippen molar-refractivity contribution in [1.29, 1.82) is 0 Å². The van der Waals surface area contributed by atoms with E-state index in [2.05, 4.69) is 42.9 Å². The van der Waals surface area contributed by atoms with Gasteiger partial charge in [-0.15, -0.1) is 5.10 Å². The lowest BCUT2D eigenvalue weighted by Crippen LogP contribution is -2.14. The Morgan fingerprint density at radius 3 is 2.06 bits per heavy atom. The first-order chi connectivity index (χ1) is 7.08. The molecule has 2 rings (SSSR count). The molecule has 0 aliphatic heterocycles. The zero-order chi connectivity index (χ0) is 12.4. The molecule has 1 saturated carbocycles. The van der Waals surface area contributed by atoms with E-state index in [1.54, 1.807) is 0 Å². The van der Waals surface area contributed by atoms with Gasteiger partial charge in [0.15, 0.2) is 0 Å². The fourth-order valence-electron chi connectivity index (χ4n) is 2.39. The molecule has 0 atom stereocenters. The summed E-state index contributed by atoms with van der Waals surface area (Å²) in [7, 11) is -3.82. The van der Waals surface area contributed by atoms with Crippen molar-refractivity contribution in [3.63, 3.8) is 0 Å². The van der Waals surface area contributed by atoms with Crippen molar-refractivity contribution in [2.24, 2.45) is 16.0 Å². The van der Waals surface area contributed by atoms with Crippen LogP contribution < -0.4 is 5.14 Å². The number of nitrogens with one attached hydrogen (secondary N) is 1. The van der Waals surface area contributed by atoms with Crippen molar-refractivity contribution < 1.29 is 8.42 Å². The topological polar surface area (TPSA) is 102 Å². The van der Waals surface area contributed by atoms with Crippen LogP contribution in [0.2, 0.25) is 0 Å². The Hall–Kier alpha value is -0.950. The van der Waals surface area contributed by atoms with E-state index in [-0.39, 0.29) is 21.9 Å². The molecule has 0 amide bonds. The number of hydrogen-bond donors (Lipinski definition) is 2. The molecule has 3 N–H and O–H groups in total. The molecular formula is C9H16N4O2S. The minimum absolute atomic E-state index is 0.0855. The average molecular weight is 244 g/mol. The first-order valence-corrected chi connectivity index (χ1v) is 6.58. The van der Waals surface area contributed by atoms with Crippen molar-refractivity contribution in [3.05, 3.63) is 5.82 Å². The monoisotopic (exact) mass is 244 g/mol. The molecule has 7 heteroatoms. The molecule has 1 heterocycles. The fraction of sp³-hybridized carbons (Fsp3) is 0.778. The summed E-state index contributed by atoms with van der Waals surface area (Å²) in [6.45, 7) is 8.49. The molecule has 1 aromatic heterocycles. The van der Waals surface area contributed by atoms with E-state index in [9.17, 15) is 8.42 Å². The molecule has 0 spiro atoms. The zero-order valence-corrected chi connectivity index (χ0v) is 10.6. The zero-order valence-electron chi connectivity index (χ0n) is 9.77. The number of rotatable bonds is 2. The second-order valence-corrected chi connectivity index (χ2v) is 6.88. The fourth-order valence-corrected chi connectivity index (χ4v) is 2.79. The number of hydrogen-bond acceptors (Lipinski definition) is 4. The number of H-pyrrole nitrogens is 1. The van der Waals surface area contributed by atoms with Crippen molar-refractivity contribution >= 4 is 10.0 Å². The molecule has 90 valence electrons. The third-order valence-electron chi connectivity index (χ3n) is 4.03. The number of aromatic nitrogens is 3. The van der Waals surface area contributed by atoms with Crippen molar-refractivity contribution in [2.75, 3.05) is 0 Å². The van der Waals surface area contributed by atoms with Crippen LogP contribution >= 0.6 is 0 Å². The Labute approximate surface area is 94.7 Å². The first-order valence-electron chi connectivity index (χ1n) is 5.03. The Kier molecular flexibility index (Phi) is 2.04. The summed E-state index contributed by atoms with van der Waals surface area (Å²) in [5.74, 6) is 0.780. The van der Waals surface area contributed by atoms with E-state index in [4.69, 9.17) is 5.14 Å². The molecule has 0 saturated heterocycles. The van der Waals surface area contributed by atoms with E-state index in [0.717, 1.165) is 0 Å². The summed E-state index contributed by atoms with van der Waals surface area (Å²) in [4.78, 5) is 3.96. The first kappa shape index (κ1) is 11.5. The molecule has 0 radical (unpaired) electrons. The van der Waals surface area contributed by atoms with Crippen LogP contribution in [0.5, 0.6) is 0 Å². The summed E-state index contributed by atoms with van der Waals surface area (Å²) < 4.78 is 22.1. The number of sulfonamides is 1. The van der Waals surface area contributed by atoms with Gasteiger partial charge in [0.1, 0.15) is 5.82 Å². The summed E-state index contributed by atoms with van der Waals surface area (Å²) >= 11 is 0. The number of nitrogens with zero attached hydrogens (tertiary/aromatic N) is 2. The van der Waals surface area contributed by atoms with Crippen LogP contribution in [0, 0.1) is 10.8 Å². The van der Waals surface area contributed by atoms with Crippen LogP contribution in [0.25, 0.3) is 0 Å². The van der Waals surface area contributed by atoms with Crippen LogP contribution in [0.1, 0.15) is 39.4 Å². The molecular weight excluding hydrogens is 228 g/mol. The highest BCUT2D eigenvalue weighted by molar-refractivity contribution is 7.89. The minimum Gasteiger partial charge on any atom is -0.262 e. The SMILES string of the molecule is CC1(C)C(c2nc(S(N)(=O)=O)n[nH]2)C1(C)C. The largest absolute Gasteiger partial charge is 0.282 e. The number of primary sulfonamides is 1. The van der Waals surface area contributed by atoms with Crippen LogP contribution in [0.15, 0.2) is 5.16 Å². The minimum atomic E-state index is -3.82. The highest BCUT2D eigenvalue weighted by Crippen LogP contribution is 2.72. The maximum Gasteiger partial charge on any atom is 0.282 e. The summed E-state index contributed by atoms with van der Waals surface area (Å²) in [5, 5.41) is 10.9. The predicted octanol–water partition coefficient (Wildman–Crippen LogP) is 0.602. The van der Waals surface area contributed by atoms with Gasteiger partial charge in [-0.05, 0) is 10.8 Å². The lowest BCUT2D eigenvalue weighted by Gasteiger charge is -2.03. The molecule has 1 fully saturated rings. The van der Waals surface area contributed by atoms with E-state index >= 15 is 0 Å². The van der Waals surface area contributed by atoms with Crippen molar-refractivity contribution in [3.8, 4) is 0 Å².